The minimum atomic E-state index is -1.01. The highest BCUT2D eigenvalue weighted by Gasteiger charge is 2.22. The fourth-order valence-corrected chi connectivity index (χ4v) is 4.13. The Balaban J connectivity index is 2.39. The molecule has 0 amide bonds. The molecule has 9 heteroatoms. The Morgan fingerprint density at radius 3 is 1.89 bits per heavy atom. The van der Waals surface area contributed by atoms with Crippen molar-refractivity contribution in [2.45, 2.75) is 6.42 Å². The van der Waals surface area contributed by atoms with Gasteiger partial charge in [-0.25, -0.2) is 0 Å². The third-order valence-electron chi connectivity index (χ3n) is 3.89. The molecule has 1 heterocycles. The third kappa shape index (κ3) is 4.20. The van der Waals surface area contributed by atoms with Gasteiger partial charge in [0.15, 0.2) is 0 Å². The quantitative estimate of drug-likeness (QED) is 0.373. The molecule has 28 heavy (non-hydrogen) atoms. The zero-order valence-electron chi connectivity index (χ0n) is 13.7. The summed E-state index contributed by atoms with van der Waals surface area (Å²) < 4.78 is 0. The van der Waals surface area contributed by atoms with Crippen molar-refractivity contribution < 1.29 is 9.90 Å². The SMILES string of the molecule is O=C(O)Cc1cnc(-c2c(Cl)ccc(Cl)c2Cl)c(-c2c(Cl)ccc(Cl)c2Cl)c1. The molecular formula is C19H9Cl6NO2. The second kappa shape index (κ2) is 8.66. The van der Waals surface area contributed by atoms with Gasteiger partial charge in [-0.1, -0.05) is 69.6 Å². The van der Waals surface area contributed by atoms with Gasteiger partial charge in [-0.15, -0.1) is 0 Å². The van der Waals surface area contributed by atoms with Crippen LogP contribution >= 0.6 is 69.6 Å². The van der Waals surface area contributed by atoms with Crippen LogP contribution < -0.4 is 0 Å². The normalized spacial score (nSPS) is 10.9. The van der Waals surface area contributed by atoms with Gasteiger partial charge in [-0.05, 0) is 35.9 Å². The third-order valence-corrected chi connectivity index (χ3v) is 6.13. The predicted molar refractivity (Wildman–Crippen MR) is 117 cm³/mol. The lowest BCUT2D eigenvalue weighted by Gasteiger charge is -2.16. The Bertz CT molecular complexity index is 1100. The number of benzene rings is 2. The van der Waals surface area contributed by atoms with Crippen molar-refractivity contribution in [2.75, 3.05) is 0 Å². The number of carboxylic acid groups (broad SMARTS) is 1. The Hall–Kier alpha value is -1.20. The molecule has 3 nitrogen and oxygen atoms in total. The fraction of sp³-hybridized carbons (Fsp3) is 0.0526. The summed E-state index contributed by atoms with van der Waals surface area (Å²) in [5, 5.41) is 10.7. The van der Waals surface area contributed by atoms with E-state index in [2.05, 4.69) is 4.98 Å². The first kappa shape index (κ1) is 21.5. The predicted octanol–water partition coefficient (Wildman–Crippen LogP) is 7.96. The zero-order chi connectivity index (χ0) is 20.6. The van der Waals surface area contributed by atoms with Crippen molar-refractivity contribution in [3.05, 3.63) is 72.2 Å². The van der Waals surface area contributed by atoms with Crippen LogP contribution in [0.3, 0.4) is 0 Å². The molecule has 0 spiro atoms. The molecule has 2 aromatic carbocycles. The largest absolute Gasteiger partial charge is 0.481 e. The van der Waals surface area contributed by atoms with E-state index in [0.29, 0.717) is 38.0 Å². The van der Waals surface area contributed by atoms with Gasteiger partial charge in [-0.2, -0.15) is 0 Å². The number of hydrogen-bond donors (Lipinski definition) is 1. The van der Waals surface area contributed by atoms with Gasteiger partial charge in [0, 0.05) is 22.9 Å². The summed E-state index contributed by atoms with van der Waals surface area (Å²) in [7, 11) is 0. The molecule has 0 fully saturated rings. The standard InChI is InChI=1S/C19H9Cl6NO2/c20-10-1-3-12(22)17(24)15(10)9-5-8(6-14(27)28)7-26-19(9)16-11(21)2-4-13(23)18(16)25/h1-5,7H,6H2,(H,27,28). The molecule has 0 unspecified atom stereocenters. The van der Waals surface area contributed by atoms with Crippen molar-refractivity contribution >= 4 is 75.6 Å². The summed E-state index contributed by atoms with van der Waals surface area (Å²) >= 11 is 37.9. The van der Waals surface area contributed by atoms with Gasteiger partial charge in [0.1, 0.15) is 0 Å². The topological polar surface area (TPSA) is 50.2 Å². The van der Waals surface area contributed by atoms with Crippen molar-refractivity contribution in [3.8, 4) is 22.4 Å². The molecule has 0 saturated carbocycles. The molecule has 0 aliphatic rings. The first-order valence-electron chi connectivity index (χ1n) is 7.69. The van der Waals surface area contributed by atoms with Gasteiger partial charge >= 0.3 is 5.97 Å². The molecule has 0 aliphatic carbocycles. The molecule has 0 aliphatic heterocycles. The minimum absolute atomic E-state index is 0.193. The van der Waals surface area contributed by atoms with Crippen LogP contribution in [-0.4, -0.2) is 16.1 Å². The number of carboxylic acids is 1. The van der Waals surface area contributed by atoms with E-state index in [1.165, 1.54) is 6.20 Å². The Morgan fingerprint density at radius 1 is 0.821 bits per heavy atom. The van der Waals surface area contributed by atoms with E-state index in [1.54, 1.807) is 30.3 Å². The van der Waals surface area contributed by atoms with Crippen LogP contribution in [-0.2, 0) is 11.2 Å². The maximum atomic E-state index is 11.2. The first-order valence-corrected chi connectivity index (χ1v) is 9.96. The lowest BCUT2D eigenvalue weighted by Crippen LogP contribution is -2.02. The highest BCUT2D eigenvalue weighted by atomic mass is 35.5. The lowest BCUT2D eigenvalue weighted by molar-refractivity contribution is -0.136. The number of halogens is 6. The van der Waals surface area contributed by atoms with Crippen LogP contribution in [0.15, 0.2) is 36.5 Å². The molecule has 1 aromatic heterocycles. The monoisotopic (exact) mass is 493 g/mol. The highest BCUT2D eigenvalue weighted by Crippen LogP contribution is 2.46. The molecule has 0 atom stereocenters. The Kier molecular flexibility index (Phi) is 6.65. The molecular weight excluding hydrogens is 487 g/mol. The molecule has 0 radical (unpaired) electrons. The van der Waals surface area contributed by atoms with Crippen LogP contribution in [0, 0.1) is 0 Å². The summed E-state index contributed by atoms with van der Waals surface area (Å²) in [5.41, 5.74) is 1.98. The first-order chi connectivity index (χ1) is 13.2. The lowest BCUT2D eigenvalue weighted by atomic mass is 9.96. The summed E-state index contributed by atoms with van der Waals surface area (Å²) in [5.74, 6) is -1.01. The minimum Gasteiger partial charge on any atom is -0.481 e. The number of carbonyl (C=O) groups is 1. The van der Waals surface area contributed by atoms with Gasteiger partial charge in [0.05, 0.1) is 42.3 Å². The summed E-state index contributed by atoms with van der Waals surface area (Å²) in [6.45, 7) is 0. The summed E-state index contributed by atoms with van der Waals surface area (Å²) in [6.07, 6.45) is 1.18. The van der Waals surface area contributed by atoms with Gasteiger partial charge in [0.2, 0.25) is 0 Å². The van der Waals surface area contributed by atoms with Gasteiger partial charge in [-0.3, -0.25) is 9.78 Å². The summed E-state index contributed by atoms with van der Waals surface area (Å²) in [6, 6.07) is 7.91. The van der Waals surface area contributed by atoms with Crippen molar-refractivity contribution in [1.82, 2.24) is 4.98 Å². The number of aromatic nitrogens is 1. The number of aliphatic carboxylic acids is 1. The fourth-order valence-electron chi connectivity index (χ4n) is 2.69. The maximum Gasteiger partial charge on any atom is 0.307 e. The number of hydrogen-bond acceptors (Lipinski definition) is 2. The van der Waals surface area contributed by atoms with Gasteiger partial charge < -0.3 is 5.11 Å². The average Bonchev–Trinajstić information content (AvgIpc) is 2.63. The van der Waals surface area contributed by atoms with Crippen LogP contribution in [0.4, 0.5) is 0 Å². The summed E-state index contributed by atoms with van der Waals surface area (Å²) in [4.78, 5) is 15.6. The smallest absolute Gasteiger partial charge is 0.307 e. The number of nitrogens with zero attached hydrogens (tertiary/aromatic N) is 1. The molecule has 0 bridgehead atoms. The highest BCUT2D eigenvalue weighted by molar-refractivity contribution is 6.47. The molecule has 3 aromatic rings. The van der Waals surface area contributed by atoms with E-state index in [0.717, 1.165) is 0 Å². The zero-order valence-corrected chi connectivity index (χ0v) is 18.3. The van der Waals surface area contributed by atoms with E-state index >= 15 is 0 Å². The number of pyridine rings is 1. The van der Waals surface area contributed by atoms with Crippen molar-refractivity contribution in [3.63, 3.8) is 0 Å². The van der Waals surface area contributed by atoms with Crippen LogP contribution in [0.5, 0.6) is 0 Å². The van der Waals surface area contributed by atoms with Crippen LogP contribution in [0.1, 0.15) is 5.56 Å². The molecule has 0 saturated heterocycles. The Morgan fingerprint density at radius 2 is 1.32 bits per heavy atom. The van der Waals surface area contributed by atoms with Crippen molar-refractivity contribution in [2.24, 2.45) is 0 Å². The van der Waals surface area contributed by atoms with Gasteiger partial charge in [0.25, 0.3) is 0 Å². The molecule has 1 N–H and O–H groups in total. The van der Waals surface area contributed by atoms with Crippen LogP contribution in [0.2, 0.25) is 30.1 Å². The van der Waals surface area contributed by atoms with Crippen LogP contribution in [0.25, 0.3) is 22.4 Å². The Labute approximate surface area is 190 Å². The molecule has 144 valence electrons. The van der Waals surface area contributed by atoms with E-state index < -0.39 is 5.97 Å². The van der Waals surface area contributed by atoms with E-state index in [1.807, 2.05) is 0 Å². The average molecular weight is 496 g/mol. The maximum absolute atomic E-state index is 11.2. The van der Waals surface area contributed by atoms with E-state index in [9.17, 15) is 4.79 Å². The second-order valence-electron chi connectivity index (χ2n) is 5.75. The van der Waals surface area contributed by atoms with Crippen molar-refractivity contribution in [1.29, 1.82) is 0 Å². The number of rotatable bonds is 4. The second-order valence-corrected chi connectivity index (χ2v) is 8.13. The van der Waals surface area contributed by atoms with E-state index in [-0.39, 0.29) is 26.5 Å². The van der Waals surface area contributed by atoms with E-state index in [4.69, 9.17) is 74.7 Å². The molecule has 3 rings (SSSR count).